The van der Waals surface area contributed by atoms with Crippen LogP contribution in [0.2, 0.25) is 0 Å². The van der Waals surface area contributed by atoms with Crippen LogP contribution in [-0.4, -0.2) is 29.4 Å². The summed E-state index contributed by atoms with van der Waals surface area (Å²) < 4.78 is 5.67. The Labute approximate surface area is 145 Å². The molecule has 1 atom stereocenters. The first-order valence-electron chi connectivity index (χ1n) is 7.81. The normalized spacial score (nSPS) is 11.4. The van der Waals surface area contributed by atoms with Gasteiger partial charge in [0.25, 0.3) is 5.91 Å². The van der Waals surface area contributed by atoms with E-state index in [4.69, 9.17) is 9.84 Å². The number of carbonyl (C=O) groups is 3. The molecule has 0 radical (unpaired) electrons. The molecule has 2 aromatic carbocycles. The summed E-state index contributed by atoms with van der Waals surface area (Å²) in [6, 6.07) is 11.0. The van der Waals surface area contributed by atoms with Crippen LogP contribution >= 0.6 is 0 Å². The van der Waals surface area contributed by atoms with Gasteiger partial charge in [0.05, 0.1) is 5.56 Å². The zero-order valence-electron chi connectivity index (χ0n) is 14.0. The van der Waals surface area contributed by atoms with Gasteiger partial charge in [0.1, 0.15) is 12.0 Å². The number of benzene rings is 2. The summed E-state index contributed by atoms with van der Waals surface area (Å²) in [5.41, 5.74) is 1.80. The van der Waals surface area contributed by atoms with E-state index < -0.39 is 12.1 Å². The van der Waals surface area contributed by atoms with Gasteiger partial charge in [-0.05, 0) is 55.3 Å². The standard InChI is InChI=1S/C19H19NO5/c1-3-17(25-15-8-5-13(11-21)6-9-15)18(22)20-16-10-14(19(23)24)7-4-12(16)2/h4-11,17H,3H2,1-2H3,(H,20,22)(H,23,24). The molecule has 0 fully saturated rings. The number of carboxylic acid groups (broad SMARTS) is 1. The summed E-state index contributed by atoms with van der Waals surface area (Å²) >= 11 is 0. The number of anilines is 1. The SMILES string of the molecule is CCC(Oc1ccc(C=O)cc1)C(=O)Nc1cc(C(=O)O)ccc1C. The molecule has 0 aliphatic heterocycles. The Hall–Kier alpha value is -3.15. The minimum absolute atomic E-state index is 0.0966. The Kier molecular flexibility index (Phi) is 5.89. The van der Waals surface area contributed by atoms with Crippen LogP contribution in [0.3, 0.4) is 0 Å². The highest BCUT2D eigenvalue weighted by Gasteiger charge is 2.19. The lowest BCUT2D eigenvalue weighted by molar-refractivity contribution is -0.122. The van der Waals surface area contributed by atoms with Crippen LogP contribution in [0.5, 0.6) is 5.75 Å². The second-order valence-electron chi connectivity index (χ2n) is 5.53. The van der Waals surface area contributed by atoms with Crippen molar-refractivity contribution < 1.29 is 24.2 Å². The number of ether oxygens (including phenoxy) is 1. The molecule has 2 N–H and O–H groups in total. The number of amides is 1. The Morgan fingerprint density at radius 2 is 1.88 bits per heavy atom. The first-order valence-corrected chi connectivity index (χ1v) is 7.81. The molecule has 0 saturated carbocycles. The third-order valence-corrected chi connectivity index (χ3v) is 3.70. The van der Waals surface area contributed by atoms with Gasteiger partial charge < -0.3 is 15.2 Å². The van der Waals surface area contributed by atoms with Crippen molar-refractivity contribution in [2.45, 2.75) is 26.4 Å². The number of hydrogen-bond acceptors (Lipinski definition) is 4. The molecule has 0 spiro atoms. The van der Waals surface area contributed by atoms with Crippen LogP contribution < -0.4 is 10.1 Å². The van der Waals surface area contributed by atoms with Crippen LogP contribution in [0.1, 0.15) is 39.6 Å². The summed E-state index contributed by atoms with van der Waals surface area (Å²) in [5, 5.41) is 11.8. The average molecular weight is 341 g/mol. The van der Waals surface area contributed by atoms with Gasteiger partial charge in [-0.3, -0.25) is 9.59 Å². The number of aromatic carboxylic acids is 1. The van der Waals surface area contributed by atoms with Gasteiger partial charge in [0, 0.05) is 11.3 Å². The average Bonchev–Trinajstić information content (AvgIpc) is 2.61. The van der Waals surface area contributed by atoms with Crippen LogP contribution in [0, 0.1) is 6.92 Å². The van der Waals surface area contributed by atoms with Gasteiger partial charge in [-0.15, -0.1) is 0 Å². The van der Waals surface area contributed by atoms with Crippen molar-refractivity contribution in [3.8, 4) is 5.75 Å². The van der Waals surface area contributed by atoms with Gasteiger partial charge in [-0.1, -0.05) is 13.0 Å². The fraction of sp³-hybridized carbons (Fsp3) is 0.211. The highest BCUT2D eigenvalue weighted by atomic mass is 16.5. The minimum atomic E-state index is -1.06. The summed E-state index contributed by atoms with van der Waals surface area (Å²) in [6.45, 7) is 3.59. The van der Waals surface area contributed by atoms with Gasteiger partial charge in [-0.25, -0.2) is 4.79 Å². The van der Waals surface area contributed by atoms with Crippen molar-refractivity contribution >= 4 is 23.9 Å². The lowest BCUT2D eigenvalue weighted by atomic mass is 10.1. The Morgan fingerprint density at radius 1 is 1.20 bits per heavy atom. The molecule has 1 amide bonds. The predicted octanol–water partition coefficient (Wildman–Crippen LogP) is 3.30. The number of aldehydes is 1. The molecule has 25 heavy (non-hydrogen) atoms. The molecule has 0 bridgehead atoms. The predicted molar refractivity (Wildman–Crippen MR) is 93.3 cm³/mol. The van der Waals surface area contributed by atoms with E-state index in [-0.39, 0.29) is 11.5 Å². The van der Waals surface area contributed by atoms with E-state index in [1.165, 1.54) is 12.1 Å². The number of hydrogen-bond donors (Lipinski definition) is 2. The maximum Gasteiger partial charge on any atom is 0.335 e. The highest BCUT2D eigenvalue weighted by Crippen LogP contribution is 2.19. The molecule has 6 nitrogen and oxygen atoms in total. The molecule has 0 saturated heterocycles. The fourth-order valence-electron chi connectivity index (χ4n) is 2.21. The molecule has 2 rings (SSSR count). The number of nitrogens with one attached hydrogen (secondary N) is 1. The Balaban J connectivity index is 2.12. The van der Waals surface area contributed by atoms with Crippen molar-refractivity contribution in [1.82, 2.24) is 0 Å². The number of rotatable bonds is 7. The fourth-order valence-corrected chi connectivity index (χ4v) is 2.21. The van der Waals surface area contributed by atoms with Gasteiger partial charge in [0.15, 0.2) is 6.10 Å². The Morgan fingerprint density at radius 3 is 2.44 bits per heavy atom. The van der Waals surface area contributed by atoms with Crippen molar-refractivity contribution in [3.05, 3.63) is 59.2 Å². The van der Waals surface area contributed by atoms with E-state index in [1.54, 1.807) is 37.3 Å². The van der Waals surface area contributed by atoms with Crippen molar-refractivity contribution in [3.63, 3.8) is 0 Å². The Bertz CT molecular complexity index is 783. The van der Waals surface area contributed by atoms with Crippen molar-refractivity contribution in [1.29, 1.82) is 0 Å². The summed E-state index contributed by atoms with van der Waals surface area (Å²) in [6.07, 6.45) is 0.417. The first-order chi connectivity index (χ1) is 11.9. The molecular weight excluding hydrogens is 322 g/mol. The van der Waals surface area contributed by atoms with Crippen molar-refractivity contribution in [2.24, 2.45) is 0 Å². The zero-order valence-corrected chi connectivity index (χ0v) is 14.0. The molecular formula is C19H19NO5. The van der Waals surface area contributed by atoms with Crippen molar-refractivity contribution in [2.75, 3.05) is 5.32 Å². The first kappa shape index (κ1) is 18.2. The second-order valence-corrected chi connectivity index (χ2v) is 5.53. The van der Waals surface area contributed by atoms with Gasteiger partial charge in [-0.2, -0.15) is 0 Å². The van der Waals surface area contributed by atoms with Gasteiger partial charge in [0.2, 0.25) is 0 Å². The second kappa shape index (κ2) is 8.10. The molecule has 2 aromatic rings. The molecule has 1 unspecified atom stereocenters. The van der Waals surface area contributed by atoms with Gasteiger partial charge >= 0.3 is 5.97 Å². The van der Waals surface area contributed by atoms with Crippen LogP contribution in [0.15, 0.2) is 42.5 Å². The largest absolute Gasteiger partial charge is 0.481 e. The molecule has 0 aliphatic rings. The maximum absolute atomic E-state index is 12.5. The van der Waals surface area contributed by atoms with E-state index in [0.717, 1.165) is 11.8 Å². The minimum Gasteiger partial charge on any atom is -0.481 e. The zero-order chi connectivity index (χ0) is 18.4. The van der Waals surface area contributed by atoms with E-state index in [9.17, 15) is 14.4 Å². The number of carbonyl (C=O) groups excluding carboxylic acids is 2. The van der Waals surface area contributed by atoms with Crippen LogP contribution in [-0.2, 0) is 4.79 Å². The van der Waals surface area contributed by atoms with E-state index >= 15 is 0 Å². The van der Waals surface area contributed by atoms with E-state index in [0.29, 0.717) is 23.4 Å². The van der Waals surface area contributed by atoms with E-state index in [1.807, 2.05) is 6.92 Å². The lowest BCUT2D eigenvalue weighted by Crippen LogP contribution is -2.32. The lowest BCUT2D eigenvalue weighted by Gasteiger charge is -2.18. The smallest absolute Gasteiger partial charge is 0.335 e. The van der Waals surface area contributed by atoms with Crippen LogP contribution in [0.25, 0.3) is 0 Å². The summed E-state index contributed by atoms with van der Waals surface area (Å²) in [5.74, 6) is -0.953. The summed E-state index contributed by atoms with van der Waals surface area (Å²) in [7, 11) is 0. The van der Waals surface area contributed by atoms with Crippen LogP contribution in [0.4, 0.5) is 5.69 Å². The third-order valence-electron chi connectivity index (χ3n) is 3.70. The summed E-state index contributed by atoms with van der Waals surface area (Å²) in [4.78, 5) is 34.2. The topological polar surface area (TPSA) is 92.7 Å². The molecule has 130 valence electrons. The quantitative estimate of drug-likeness (QED) is 0.754. The molecule has 0 heterocycles. The number of aryl methyl sites for hydroxylation is 1. The highest BCUT2D eigenvalue weighted by molar-refractivity contribution is 5.97. The van der Waals surface area contributed by atoms with E-state index in [2.05, 4.69) is 5.32 Å². The monoisotopic (exact) mass is 341 g/mol. The maximum atomic E-state index is 12.5. The third kappa shape index (κ3) is 4.67. The molecule has 6 heteroatoms. The molecule has 0 aliphatic carbocycles. The molecule has 0 aromatic heterocycles. The number of carboxylic acids is 1.